The molecule has 0 aliphatic heterocycles. The molecule has 2 aromatic heterocycles. The van der Waals surface area contributed by atoms with E-state index in [0.717, 1.165) is 11.1 Å². The van der Waals surface area contributed by atoms with Gasteiger partial charge in [-0.3, -0.25) is 19.0 Å². The Morgan fingerprint density at radius 2 is 1.93 bits per heavy atom. The van der Waals surface area contributed by atoms with E-state index in [1.165, 1.54) is 16.8 Å². The van der Waals surface area contributed by atoms with Crippen LogP contribution in [0.2, 0.25) is 0 Å². The van der Waals surface area contributed by atoms with Crippen LogP contribution in [0.5, 0.6) is 0 Å². The Morgan fingerprint density at radius 1 is 1.19 bits per heavy atom. The van der Waals surface area contributed by atoms with Gasteiger partial charge in [-0.25, -0.2) is 4.98 Å². The van der Waals surface area contributed by atoms with Gasteiger partial charge < -0.3 is 10.4 Å². The molecule has 0 unspecified atom stereocenters. The second-order valence-corrected chi connectivity index (χ2v) is 6.24. The van der Waals surface area contributed by atoms with Crippen molar-refractivity contribution >= 4 is 22.9 Å². The Morgan fingerprint density at radius 3 is 2.63 bits per heavy atom. The molecule has 2 heterocycles. The molecule has 3 rings (SSSR count). The second-order valence-electron chi connectivity index (χ2n) is 6.24. The van der Waals surface area contributed by atoms with E-state index in [1.807, 2.05) is 31.2 Å². The number of pyridine rings is 2. The molecule has 7 nitrogen and oxygen atoms in total. The Bertz CT molecular complexity index is 1060. The van der Waals surface area contributed by atoms with Crippen LogP contribution < -0.4 is 10.9 Å². The highest BCUT2D eigenvalue weighted by molar-refractivity contribution is 5.96. The van der Waals surface area contributed by atoms with Crippen LogP contribution in [0.15, 0.2) is 53.5 Å². The number of nitrogens with one attached hydrogen (secondary N) is 1. The molecular weight excluding hydrogens is 346 g/mol. The van der Waals surface area contributed by atoms with Crippen LogP contribution in [0.3, 0.4) is 0 Å². The predicted molar refractivity (Wildman–Crippen MR) is 101 cm³/mol. The van der Waals surface area contributed by atoms with Gasteiger partial charge in [0.25, 0.3) is 11.5 Å². The zero-order chi connectivity index (χ0) is 19.4. The van der Waals surface area contributed by atoms with Crippen molar-refractivity contribution in [1.82, 2.24) is 14.9 Å². The van der Waals surface area contributed by atoms with Crippen LogP contribution >= 0.6 is 0 Å². The van der Waals surface area contributed by atoms with E-state index in [4.69, 9.17) is 5.11 Å². The highest BCUT2D eigenvalue weighted by atomic mass is 16.4. The van der Waals surface area contributed by atoms with E-state index < -0.39 is 17.4 Å². The Labute approximate surface area is 155 Å². The normalized spacial score (nSPS) is 10.7. The average Bonchev–Trinajstić information content (AvgIpc) is 2.66. The van der Waals surface area contributed by atoms with Crippen LogP contribution in [-0.4, -0.2) is 26.5 Å². The van der Waals surface area contributed by atoms with Gasteiger partial charge in [0.1, 0.15) is 11.2 Å². The summed E-state index contributed by atoms with van der Waals surface area (Å²) >= 11 is 0. The number of aromatic nitrogens is 2. The third-order valence-corrected chi connectivity index (χ3v) is 4.22. The zero-order valence-corrected chi connectivity index (χ0v) is 14.8. The number of hydrogen-bond donors (Lipinski definition) is 2. The predicted octanol–water partition coefficient (Wildman–Crippen LogP) is 2.11. The van der Waals surface area contributed by atoms with Gasteiger partial charge >= 0.3 is 5.97 Å². The van der Waals surface area contributed by atoms with Crippen molar-refractivity contribution in [2.45, 2.75) is 26.4 Å². The van der Waals surface area contributed by atoms with Crippen molar-refractivity contribution < 1.29 is 14.7 Å². The molecule has 0 radical (unpaired) electrons. The number of hydrogen-bond acceptors (Lipinski definition) is 4. The molecule has 138 valence electrons. The highest BCUT2D eigenvalue weighted by Crippen LogP contribution is 2.12. The van der Waals surface area contributed by atoms with E-state index >= 15 is 0 Å². The summed E-state index contributed by atoms with van der Waals surface area (Å²) in [7, 11) is 0. The minimum atomic E-state index is -1.03. The number of fused-ring (bicyclic) bond motifs is 1. The average molecular weight is 365 g/mol. The minimum absolute atomic E-state index is 0.0343. The number of aryl methyl sites for hydroxylation is 2. The van der Waals surface area contributed by atoms with Gasteiger partial charge in [0.2, 0.25) is 0 Å². The molecule has 2 N–H and O–H groups in total. The lowest BCUT2D eigenvalue weighted by molar-refractivity contribution is -0.137. The summed E-state index contributed by atoms with van der Waals surface area (Å²) in [5, 5.41) is 12.3. The number of carboxylic acids is 1. The summed E-state index contributed by atoms with van der Waals surface area (Å²) in [6.07, 6.45) is 1.29. The molecule has 3 aromatic rings. The number of carboxylic acid groups (broad SMARTS) is 1. The number of nitrogens with zero attached hydrogens (tertiary/aromatic N) is 2. The number of carbonyl (C=O) groups is 2. The topological polar surface area (TPSA) is 101 Å². The highest BCUT2D eigenvalue weighted by Gasteiger charge is 2.16. The third kappa shape index (κ3) is 4.20. The Hall–Kier alpha value is -3.48. The maximum absolute atomic E-state index is 12.8. The molecule has 7 heteroatoms. The number of carbonyl (C=O) groups excluding carboxylic acids is 1. The molecule has 0 bridgehead atoms. The van der Waals surface area contributed by atoms with Gasteiger partial charge in [0.15, 0.2) is 0 Å². The summed E-state index contributed by atoms with van der Waals surface area (Å²) in [6, 6.07) is 12.6. The molecule has 0 fully saturated rings. The van der Waals surface area contributed by atoms with Gasteiger partial charge in [0.05, 0.1) is 6.42 Å². The first-order valence-electron chi connectivity index (χ1n) is 8.50. The molecule has 0 saturated carbocycles. The lowest BCUT2D eigenvalue weighted by Crippen LogP contribution is -2.33. The fourth-order valence-electron chi connectivity index (χ4n) is 2.77. The molecule has 0 spiro atoms. The third-order valence-electron chi connectivity index (χ3n) is 4.22. The SMILES string of the molecule is Cc1ccc(CNC(=O)c2cc3cccnc3n(CCC(=O)O)c2=O)cc1. The monoisotopic (exact) mass is 365 g/mol. The van der Waals surface area contributed by atoms with Crippen molar-refractivity contribution in [3.05, 3.63) is 75.7 Å². The van der Waals surface area contributed by atoms with Crippen LogP contribution in [0.1, 0.15) is 27.9 Å². The molecule has 0 aliphatic rings. The fraction of sp³-hybridized carbons (Fsp3) is 0.200. The Balaban J connectivity index is 1.91. The smallest absolute Gasteiger partial charge is 0.305 e. The van der Waals surface area contributed by atoms with Gasteiger partial charge in [0, 0.05) is 24.7 Å². The number of rotatable bonds is 6. The van der Waals surface area contributed by atoms with Crippen LogP contribution in [0.25, 0.3) is 11.0 Å². The van der Waals surface area contributed by atoms with E-state index in [2.05, 4.69) is 10.3 Å². The molecule has 0 aliphatic carbocycles. The summed E-state index contributed by atoms with van der Waals surface area (Å²) in [5.74, 6) is -1.53. The van der Waals surface area contributed by atoms with Gasteiger partial charge in [-0.1, -0.05) is 29.8 Å². The van der Waals surface area contributed by atoms with E-state index in [0.29, 0.717) is 17.6 Å². The number of amides is 1. The van der Waals surface area contributed by atoms with E-state index in [9.17, 15) is 14.4 Å². The summed E-state index contributed by atoms with van der Waals surface area (Å²) in [6.45, 7) is 2.21. The number of aliphatic carboxylic acids is 1. The standard InChI is InChI=1S/C20H19N3O4/c1-13-4-6-14(7-5-13)12-22-19(26)16-11-15-3-2-9-21-18(15)23(20(16)27)10-8-17(24)25/h2-7,9,11H,8,10,12H2,1H3,(H,22,26)(H,24,25). The van der Waals surface area contributed by atoms with Crippen molar-refractivity contribution in [2.75, 3.05) is 0 Å². The fourth-order valence-corrected chi connectivity index (χ4v) is 2.77. The van der Waals surface area contributed by atoms with E-state index in [-0.39, 0.29) is 18.5 Å². The molecule has 27 heavy (non-hydrogen) atoms. The summed E-state index contributed by atoms with van der Waals surface area (Å²) in [4.78, 5) is 40.4. The van der Waals surface area contributed by atoms with Crippen LogP contribution in [-0.2, 0) is 17.9 Å². The maximum atomic E-state index is 12.8. The van der Waals surface area contributed by atoms with Crippen LogP contribution in [0, 0.1) is 6.92 Å². The van der Waals surface area contributed by atoms with Crippen molar-refractivity contribution in [2.24, 2.45) is 0 Å². The lowest BCUT2D eigenvalue weighted by Gasteiger charge is -2.11. The molecule has 1 aromatic carbocycles. The first-order valence-corrected chi connectivity index (χ1v) is 8.50. The van der Waals surface area contributed by atoms with Gasteiger partial charge in [-0.05, 0) is 30.7 Å². The molecule has 0 atom stereocenters. The van der Waals surface area contributed by atoms with Crippen LogP contribution in [0.4, 0.5) is 0 Å². The maximum Gasteiger partial charge on any atom is 0.305 e. The van der Waals surface area contributed by atoms with Crippen molar-refractivity contribution in [3.63, 3.8) is 0 Å². The van der Waals surface area contributed by atoms with Crippen molar-refractivity contribution in [1.29, 1.82) is 0 Å². The van der Waals surface area contributed by atoms with E-state index in [1.54, 1.807) is 12.1 Å². The zero-order valence-electron chi connectivity index (χ0n) is 14.8. The second kappa shape index (κ2) is 7.82. The lowest BCUT2D eigenvalue weighted by atomic mass is 10.1. The largest absolute Gasteiger partial charge is 0.481 e. The number of benzene rings is 1. The van der Waals surface area contributed by atoms with Gasteiger partial charge in [-0.15, -0.1) is 0 Å². The van der Waals surface area contributed by atoms with Crippen molar-refractivity contribution in [3.8, 4) is 0 Å². The molecule has 1 amide bonds. The first-order chi connectivity index (χ1) is 13.0. The quantitative estimate of drug-likeness (QED) is 0.697. The Kier molecular flexibility index (Phi) is 5.30. The minimum Gasteiger partial charge on any atom is -0.481 e. The molecule has 0 saturated heterocycles. The summed E-state index contributed by atoms with van der Waals surface area (Å²) < 4.78 is 1.24. The summed E-state index contributed by atoms with van der Waals surface area (Å²) in [5.41, 5.74) is 1.81. The first kappa shape index (κ1) is 18.3. The van der Waals surface area contributed by atoms with Gasteiger partial charge in [-0.2, -0.15) is 0 Å². The molecular formula is C20H19N3O4.